The molecule has 7 aromatic carbocycles. The van der Waals surface area contributed by atoms with Crippen molar-refractivity contribution in [1.29, 1.82) is 0 Å². The van der Waals surface area contributed by atoms with E-state index in [2.05, 4.69) is 142 Å². The fourth-order valence-electron chi connectivity index (χ4n) is 6.28. The normalized spacial score (nSPS) is 12.1. The van der Waals surface area contributed by atoms with E-state index < -0.39 is 0 Å². The predicted octanol–water partition coefficient (Wildman–Crippen LogP) is 12.2. The van der Waals surface area contributed by atoms with E-state index in [1.807, 2.05) is 30.5 Å². The molecule has 0 spiro atoms. The van der Waals surface area contributed by atoms with Crippen LogP contribution in [0.5, 0.6) is 0 Å². The van der Waals surface area contributed by atoms with Crippen LogP contribution in [0, 0.1) is 0 Å². The van der Waals surface area contributed by atoms with Crippen molar-refractivity contribution in [2.45, 2.75) is 26.2 Å². The second kappa shape index (κ2) is 11.5. The summed E-state index contributed by atoms with van der Waals surface area (Å²) in [6, 6.07) is 51.0. The van der Waals surface area contributed by atoms with E-state index >= 15 is 0 Å². The lowest BCUT2D eigenvalue weighted by Crippen LogP contribution is -2.11. The van der Waals surface area contributed by atoms with Crippen molar-refractivity contribution < 1.29 is 4.42 Å². The lowest BCUT2D eigenvalue weighted by atomic mass is 9.85. The van der Waals surface area contributed by atoms with E-state index in [1.54, 1.807) is 0 Å². The second-order valence-electron chi connectivity index (χ2n) is 13.1. The van der Waals surface area contributed by atoms with Crippen LogP contribution < -0.4 is 0 Å². The van der Waals surface area contributed by atoms with Crippen molar-refractivity contribution in [2.24, 2.45) is 4.99 Å². The first-order chi connectivity index (χ1) is 22.9. The van der Waals surface area contributed by atoms with E-state index in [1.165, 1.54) is 38.2 Å². The van der Waals surface area contributed by atoms with Crippen LogP contribution in [-0.4, -0.2) is 11.2 Å². The van der Waals surface area contributed by atoms with Gasteiger partial charge in [-0.25, -0.2) is 4.98 Å². The molecule has 0 saturated carbocycles. The summed E-state index contributed by atoms with van der Waals surface area (Å²) >= 11 is 0. The minimum absolute atomic E-state index is 0.0679. The highest BCUT2D eigenvalue weighted by molar-refractivity contribution is 6.01. The number of hydrogen-bond acceptors (Lipinski definition) is 3. The van der Waals surface area contributed by atoms with E-state index in [0.29, 0.717) is 5.89 Å². The highest BCUT2D eigenvalue weighted by Gasteiger charge is 2.21. The van der Waals surface area contributed by atoms with Crippen molar-refractivity contribution in [2.75, 3.05) is 0 Å². The summed E-state index contributed by atoms with van der Waals surface area (Å²) in [5.74, 6) is 0.561. The molecule has 0 unspecified atom stereocenters. The van der Waals surface area contributed by atoms with Crippen molar-refractivity contribution in [3.8, 4) is 33.7 Å². The third-order valence-electron chi connectivity index (χ3n) is 8.94. The maximum atomic E-state index is 6.56. The van der Waals surface area contributed by atoms with Crippen LogP contribution in [0.25, 0.3) is 66.4 Å². The molecule has 1 aromatic heterocycles. The van der Waals surface area contributed by atoms with Gasteiger partial charge in [-0.3, -0.25) is 4.99 Å². The molecule has 0 radical (unpaired) electrons. The zero-order valence-corrected chi connectivity index (χ0v) is 26.7. The Balaban J connectivity index is 1.20. The Kier molecular flexibility index (Phi) is 7.03. The van der Waals surface area contributed by atoms with Crippen LogP contribution in [0.3, 0.4) is 0 Å². The van der Waals surface area contributed by atoms with Crippen LogP contribution in [0.15, 0.2) is 155 Å². The van der Waals surface area contributed by atoms with Crippen molar-refractivity contribution >= 4 is 44.5 Å². The van der Waals surface area contributed by atoms with Gasteiger partial charge in [0.1, 0.15) is 5.52 Å². The number of rotatable bonds is 5. The molecule has 0 bridgehead atoms. The number of oxazole rings is 1. The molecule has 0 N–H and O–H groups in total. The summed E-state index contributed by atoms with van der Waals surface area (Å²) in [5.41, 5.74) is 10.0. The average Bonchev–Trinajstić information content (AvgIpc) is 3.54. The third-order valence-corrected chi connectivity index (χ3v) is 8.94. The van der Waals surface area contributed by atoms with Gasteiger partial charge < -0.3 is 4.42 Å². The number of fused-ring (bicyclic) bond motifs is 3. The van der Waals surface area contributed by atoms with Gasteiger partial charge in [-0.2, -0.15) is 0 Å². The first kappa shape index (κ1) is 28.7. The molecule has 0 aliphatic heterocycles. The first-order valence-corrected chi connectivity index (χ1v) is 16.1. The molecule has 3 nitrogen and oxygen atoms in total. The zero-order chi connectivity index (χ0) is 32.0. The second-order valence-corrected chi connectivity index (χ2v) is 13.1. The average molecular weight is 607 g/mol. The topological polar surface area (TPSA) is 38.4 Å². The first-order valence-electron chi connectivity index (χ1n) is 16.1. The van der Waals surface area contributed by atoms with Crippen LogP contribution in [0.2, 0.25) is 0 Å². The Morgan fingerprint density at radius 2 is 1.26 bits per heavy atom. The quantitative estimate of drug-likeness (QED) is 0.183. The fraction of sp³-hybridized carbons (Fsp3) is 0.0909. The van der Waals surface area contributed by atoms with E-state index in [-0.39, 0.29) is 5.41 Å². The Morgan fingerprint density at radius 3 is 2.09 bits per heavy atom. The number of hydrogen-bond donors (Lipinski definition) is 0. The Labute approximate surface area is 274 Å². The summed E-state index contributed by atoms with van der Waals surface area (Å²) in [7, 11) is 0. The van der Waals surface area contributed by atoms with Gasteiger partial charge in [-0.15, -0.1) is 0 Å². The Morgan fingerprint density at radius 1 is 0.574 bits per heavy atom. The molecular formula is C44H34N2O. The Hall–Kier alpha value is -5.80. The minimum atomic E-state index is -0.0679. The molecular weight excluding hydrogens is 572 g/mol. The molecule has 0 aliphatic rings. The van der Waals surface area contributed by atoms with Crippen LogP contribution in [0.4, 0.5) is 5.69 Å². The number of aromatic nitrogens is 1. The lowest BCUT2D eigenvalue weighted by molar-refractivity contribution is 0.584. The van der Waals surface area contributed by atoms with Crippen LogP contribution in [0.1, 0.15) is 31.9 Å². The highest BCUT2D eigenvalue weighted by atomic mass is 16.3. The summed E-state index contributed by atoms with van der Waals surface area (Å²) in [4.78, 5) is 10.1. The molecule has 8 rings (SSSR count). The van der Waals surface area contributed by atoms with Crippen LogP contribution in [-0.2, 0) is 5.41 Å². The van der Waals surface area contributed by atoms with Crippen molar-refractivity contribution in [1.82, 2.24) is 4.98 Å². The molecule has 0 aliphatic carbocycles. The van der Waals surface area contributed by atoms with Gasteiger partial charge in [0.2, 0.25) is 5.89 Å². The summed E-state index contributed by atoms with van der Waals surface area (Å²) in [5, 5.41) is 4.85. The molecule has 1 heterocycles. The van der Waals surface area contributed by atoms with Gasteiger partial charge in [-0.05, 0) is 79.5 Å². The maximum absolute atomic E-state index is 6.56. The summed E-state index contributed by atoms with van der Waals surface area (Å²) < 4.78 is 6.56. The molecule has 3 heteroatoms. The van der Waals surface area contributed by atoms with E-state index in [4.69, 9.17) is 14.4 Å². The largest absolute Gasteiger partial charge is 0.436 e. The molecule has 0 fully saturated rings. The van der Waals surface area contributed by atoms with Gasteiger partial charge in [0.05, 0.1) is 11.3 Å². The summed E-state index contributed by atoms with van der Waals surface area (Å²) in [6.45, 7) is 6.69. The molecule has 8 aromatic rings. The smallest absolute Gasteiger partial charge is 0.229 e. The molecule has 47 heavy (non-hydrogen) atoms. The van der Waals surface area contributed by atoms with Crippen LogP contribution >= 0.6 is 0 Å². The third kappa shape index (κ3) is 5.51. The number of benzene rings is 7. The van der Waals surface area contributed by atoms with Gasteiger partial charge in [0.15, 0.2) is 5.58 Å². The number of aliphatic imine (C=N–C) groups is 1. The van der Waals surface area contributed by atoms with Gasteiger partial charge in [0, 0.05) is 17.3 Å². The highest BCUT2D eigenvalue weighted by Crippen LogP contribution is 2.39. The zero-order valence-electron chi connectivity index (χ0n) is 26.7. The van der Waals surface area contributed by atoms with E-state index in [9.17, 15) is 0 Å². The van der Waals surface area contributed by atoms with Gasteiger partial charge >= 0.3 is 0 Å². The van der Waals surface area contributed by atoms with E-state index in [0.717, 1.165) is 39.0 Å². The van der Waals surface area contributed by atoms with Crippen molar-refractivity contribution in [3.63, 3.8) is 0 Å². The molecule has 0 amide bonds. The SMILES string of the molecule is CC(C)(C)c1cc(-c2ccc(-c3ccc4ccccc4c3)cc2)c2nc(-c3ccccc3N=Cc3cccc4ccccc34)oc2c1. The minimum Gasteiger partial charge on any atom is -0.436 e. The van der Waals surface area contributed by atoms with Crippen molar-refractivity contribution in [3.05, 3.63) is 157 Å². The molecule has 226 valence electrons. The predicted molar refractivity (Wildman–Crippen MR) is 198 cm³/mol. The fourth-order valence-corrected chi connectivity index (χ4v) is 6.28. The van der Waals surface area contributed by atoms with Gasteiger partial charge in [-0.1, -0.05) is 136 Å². The number of para-hydroxylation sites is 1. The molecule has 0 saturated heterocycles. The maximum Gasteiger partial charge on any atom is 0.229 e. The summed E-state index contributed by atoms with van der Waals surface area (Å²) in [6.07, 6.45) is 1.93. The standard InChI is InChI=1S/C44H34N2O/c1-44(2,3)36-26-39(32-22-19-30(20-23-32)34-24-21-29-11-4-5-13-33(29)25-34)42-41(27-36)47-43(46-42)38-17-8-9-18-40(38)45-28-35-15-10-14-31-12-6-7-16-37(31)35/h4-28H,1-3H3. The molecule has 0 atom stereocenters. The number of nitrogens with zero attached hydrogens (tertiary/aromatic N) is 2. The Bertz CT molecular complexity index is 2440. The monoisotopic (exact) mass is 606 g/mol. The van der Waals surface area contributed by atoms with Gasteiger partial charge in [0.25, 0.3) is 0 Å². The lowest BCUT2D eigenvalue weighted by Gasteiger charge is -2.20.